The highest BCUT2D eigenvalue weighted by molar-refractivity contribution is 4.65. The van der Waals surface area contributed by atoms with Crippen LogP contribution in [0.25, 0.3) is 0 Å². The summed E-state index contributed by atoms with van der Waals surface area (Å²) < 4.78 is 0. The molecular formula is C9H23N. The summed E-state index contributed by atoms with van der Waals surface area (Å²) in [7, 11) is 2.20. The van der Waals surface area contributed by atoms with Crippen LogP contribution in [-0.2, 0) is 0 Å². The number of hydrogen-bond acceptors (Lipinski definition) is 1. The molecule has 0 aromatic rings. The first-order valence-electron chi connectivity index (χ1n) is 3.47. The molecule has 0 spiro atoms. The standard InChI is InChI=1S/C7H15N.2CH4/c1-7-3-5-8(2)6-4-7;;/h7H,3-6H2,1-2H3;2*1H4. The minimum atomic E-state index is 0. The van der Waals surface area contributed by atoms with E-state index in [-0.39, 0.29) is 14.9 Å². The first kappa shape index (κ1) is 12.6. The van der Waals surface area contributed by atoms with E-state index in [1.807, 2.05) is 0 Å². The number of hydrogen-bond donors (Lipinski definition) is 0. The normalized spacial score (nSPS) is 21.0. The van der Waals surface area contributed by atoms with Crippen LogP contribution in [0.5, 0.6) is 0 Å². The summed E-state index contributed by atoms with van der Waals surface area (Å²) >= 11 is 0. The fourth-order valence-electron chi connectivity index (χ4n) is 1.14. The highest BCUT2D eigenvalue weighted by Gasteiger charge is 2.10. The maximum Gasteiger partial charge on any atom is -0.00192 e. The zero-order valence-electron chi connectivity index (χ0n) is 5.85. The van der Waals surface area contributed by atoms with Gasteiger partial charge in [-0.3, -0.25) is 0 Å². The smallest absolute Gasteiger partial charge is 0.00192 e. The van der Waals surface area contributed by atoms with Crippen LogP contribution < -0.4 is 0 Å². The molecule has 1 rings (SSSR count). The number of rotatable bonds is 0. The van der Waals surface area contributed by atoms with E-state index in [4.69, 9.17) is 0 Å². The number of piperidine rings is 1. The van der Waals surface area contributed by atoms with Crippen LogP contribution in [0.1, 0.15) is 34.6 Å². The van der Waals surface area contributed by atoms with Gasteiger partial charge in [-0.25, -0.2) is 0 Å². The van der Waals surface area contributed by atoms with Gasteiger partial charge >= 0.3 is 0 Å². The molecule has 1 saturated heterocycles. The molecule has 0 aromatic carbocycles. The van der Waals surface area contributed by atoms with Crippen molar-refractivity contribution < 1.29 is 0 Å². The molecule has 0 atom stereocenters. The SMILES string of the molecule is C.C.CC1CCN(C)CC1. The fraction of sp³-hybridized carbons (Fsp3) is 1.00. The molecule has 64 valence electrons. The van der Waals surface area contributed by atoms with Crippen molar-refractivity contribution in [2.45, 2.75) is 34.6 Å². The van der Waals surface area contributed by atoms with E-state index in [1.165, 1.54) is 25.9 Å². The highest BCUT2D eigenvalue weighted by Crippen LogP contribution is 2.13. The molecule has 0 unspecified atom stereocenters. The molecular weight excluding hydrogens is 122 g/mol. The van der Waals surface area contributed by atoms with Crippen molar-refractivity contribution in [1.82, 2.24) is 4.90 Å². The van der Waals surface area contributed by atoms with E-state index in [0.717, 1.165) is 5.92 Å². The van der Waals surface area contributed by atoms with E-state index in [1.54, 1.807) is 0 Å². The molecule has 0 aromatic heterocycles. The van der Waals surface area contributed by atoms with Crippen molar-refractivity contribution in [3.8, 4) is 0 Å². The van der Waals surface area contributed by atoms with Gasteiger partial charge in [0.15, 0.2) is 0 Å². The molecule has 0 saturated carbocycles. The van der Waals surface area contributed by atoms with Gasteiger partial charge in [0, 0.05) is 0 Å². The Balaban J connectivity index is 0. The van der Waals surface area contributed by atoms with E-state index in [0.29, 0.717) is 0 Å². The lowest BCUT2D eigenvalue weighted by atomic mass is 10.00. The Hall–Kier alpha value is -0.0400. The van der Waals surface area contributed by atoms with Crippen LogP contribution in [0, 0.1) is 5.92 Å². The van der Waals surface area contributed by atoms with Crippen molar-refractivity contribution in [3.63, 3.8) is 0 Å². The summed E-state index contributed by atoms with van der Waals surface area (Å²) in [4.78, 5) is 2.40. The van der Waals surface area contributed by atoms with Crippen molar-refractivity contribution in [2.75, 3.05) is 20.1 Å². The van der Waals surface area contributed by atoms with Crippen molar-refractivity contribution >= 4 is 0 Å². The molecule has 1 aliphatic rings. The monoisotopic (exact) mass is 145 g/mol. The molecule has 0 bridgehead atoms. The Morgan fingerprint density at radius 2 is 1.50 bits per heavy atom. The lowest BCUT2D eigenvalue weighted by Crippen LogP contribution is -2.28. The Bertz CT molecular complexity index is 53.1. The second-order valence-corrected chi connectivity index (χ2v) is 2.99. The summed E-state index contributed by atoms with van der Waals surface area (Å²) in [5, 5.41) is 0. The van der Waals surface area contributed by atoms with E-state index in [9.17, 15) is 0 Å². The molecule has 0 radical (unpaired) electrons. The van der Waals surface area contributed by atoms with E-state index < -0.39 is 0 Å². The predicted molar refractivity (Wildman–Crippen MR) is 49.4 cm³/mol. The van der Waals surface area contributed by atoms with Gasteiger partial charge in [-0.05, 0) is 38.9 Å². The van der Waals surface area contributed by atoms with Crippen molar-refractivity contribution in [3.05, 3.63) is 0 Å². The largest absolute Gasteiger partial charge is 0.306 e. The highest BCUT2D eigenvalue weighted by atomic mass is 15.1. The number of nitrogens with zero attached hydrogens (tertiary/aromatic N) is 1. The maximum atomic E-state index is 2.40. The zero-order chi connectivity index (χ0) is 5.98. The fourth-order valence-corrected chi connectivity index (χ4v) is 1.14. The van der Waals surface area contributed by atoms with Crippen LogP contribution in [0.3, 0.4) is 0 Å². The molecule has 0 N–H and O–H groups in total. The summed E-state index contributed by atoms with van der Waals surface area (Å²) in [5.41, 5.74) is 0. The predicted octanol–water partition coefficient (Wildman–Crippen LogP) is 2.62. The van der Waals surface area contributed by atoms with E-state index >= 15 is 0 Å². The lowest BCUT2D eigenvalue weighted by Gasteiger charge is -2.26. The Labute approximate surface area is 66.4 Å². The third-order valence-corrected chi connectivity index (χ3v) is 2.01. The number of likely N-dealkylation sites (tertiary alicyclic amines) is 1. The second kappa shape index (κ2) is 5.72. The Morgan fingerprint density at radius 1 is 1.10 bits per heavy atom. The second-order valence-electron chi connectivity index (χ2n) is 2.99. The van der Waals surface area contributed by atoms with Crippen LogP contribution in [-0.4, -0.2) is 25.0 Å². The topological polar surface area (TPSA) is 3.24 Å². The molecule has 10 heavy (non-hydrogen) atoms. The van der Waals surface area contributed by atoms with Gasteiger partial charge in [0.2, 0.25) is 0 Å². The average molecular weight is 145 g/mol. The maximum absolute atomic E-state index is 2.40. The molecule has 1 heterocycles. The van der Waals surface area contributed by atoms with Gasteiger partial charge in [-0.1, -0.05) is 21.8 Å². The van der Waals surface area contributed by atoms with Crippen LogP contribution in [0.2, 0.25) is 0 Å². The Kier molecular flexibility index (Phi) is 7.22. The first-order chi connectivity index (χ1) is 3.79. The Morgan fingerprint density at radius 3 is 1.80 bits per heavy atom. The minimum Gasteiger partial charge on any atom is -0.306 e. The average Bonchev–Trinajstić information content (AvgIpc) is 1.77. The van der Waals surface area contributed by atoms with E-state index in [2.05, 4.69) is 18.9 Å². The molecule has 1 heteroatoms. The summed E-state index contributed by atoms with van der Waals surface area (Å²) in [6.45, 7) is 4.95. The summed E-state index contributed by atoms with van der Waals surface area (Å²) in [6, 6.07) is 0. The van der Waals surface area contributed by atoms with Gasteiger partial charge in [-0.15, -0.1) is 0 Å². The first-order valence-corrected chi connectivity index (χ1v) is 3.47. The quantitative estimate of drug-likeness (QED) is 0.506. The summed E-state index contributed by atoms with van der Waals surface area (Å²) in [6.07, 6.45) is 2.80. The van der Waals surface area contributed by atoms with Gasteiger partial charge in [0.1, 0.15) is 0 Å². The zero-order valence-corrected chi connectivity index (χ0v) is 5.85. The third kappa shape index (κ3) is 3.89. The van der Waals surface area contributed by atoms with Gasteiger partial charge in [0.05, 0.1) is 0 Å². The lowest BCUT2D eigenvalue weighted by molar-refractivity contribution is 0.230. The van der Waals surface area contributed by atoms with Crippen LogP contribution in [0.15, 0.2) is 0 Å². The minimum absolute atomic E-state index is 0. The van der Waals surface area contributed by atoms with Gasteiger partial charge in [0.25, 0.3) is 0 Å². The molecule has 1 aliphatic heterocycles. The van der Waals surface area contributed by atoms with Crippen LogP contribution in [0.4, 0.5) is 0 Å². The molecule has 0 aliphatic carbocycles. The third-order valence-electron chi connectivity index (χ3n) is 2.01. The van der Waals surface area contributed by atoms with Gasteiger partial charge in [-0.2, -0.15) is 0 Å². The molecule has 0 amide bonds. The summed E-state index contributed by atoms with van der Waals surface area (Å²) in [5.74, 6) is 0.978. The molecule has 1 fully saturated rings. The van der Waals surface area contributed by atoms with Crippen LogP contribution >= 0.6 is 0 Å². The van der Waals surface area contributed by atoms with Gasteiger partial charge < -0.3 is 4.90 Å². The van der Waals surface area contributed by atoms with Crippen molar-refractivity contribution in [1.29, 1.82) is 0 Å². The molecule has 1 nitrogen and oxygen atoms in total. The van der Waals surface area contributed by atoms with Crippen molar-refractivity contribution in [2.24, 2.45) is 5.92 Å².